The maximum Gasteiger partial charge on any atom is 0.340 e. The van der Waals surface area contributed by atoms with Gasteiger partial charge in [-0.05, 0) is 19.9 Å². The Morgan fingerprint density at radius 1 is 1.42 bits per heavy atom. The fourth-order valence-corrected chi connectivity index (χ4v) is 1.78. The van der Waals surface area contributed by atoms with Gasteiger partial charge in [-0.25, -0.2) is 9.18 Å². The topological polar surface area (TPSA) is 72.7 Å². The van der Waals surface area contributed by atoms with Crippen LogP contribution in [-0.4, -0.2) is 31.1 Å². The molecule has 0 saturated carbocycles. The number of halogens is 1. The first-order valence-electron chi connectivity index (χ1n) is 5.77. The molecule has 0 radical (unpaired) electrons. The van der Waals surface area contributed by atoms with Gasteiger partial charge in [0.25, 0.3) is 5.69 Å². The van der Waals surface area contributed by atoms with Gasteiger partial charge in [0, 0.05) is 13.1 Å². The fourth-order valence-electron chi connectivity index (χ4n) is 1.78. The molecule has 0 saturated heterocycles. The van der Waals surface area contributed by atoms with Crippen LogP contribution in [0.2, 0.25) is 0 Å². The molecular weight excluding hydrogens is 255 g/mol. The first kappa shape index (κ1) is 14.9. The second kappa shape index (κ2) is 6.12. The summed E-state index contributed by atoms with van der Waals surface area (Å²) in [6.07, 6.45) is 0. The van der Waals surface area contributed by atoms with Gasteiger partial charge in [0.05, 0.1) is 23.7 Å². The number of ether oxygens (including phenoxy) is 1. The summed E-state index contributed by atoms with van der Waals surface area (Å²) in [6, 6.07) is 1.91. The lowest BCUT2D eigenvalue weighted by Crippen LogP contribution is -2.23. The van der Waals surface area contributed by atoms with E-state index >= 15 is 0 Å². The average molecular weight is 270 g/mol. The number of nitro benzene ring substituents is 1. The molecule has 0 fully saturated rings. The molecule has 1 aromatic rings. The Kier molecular flexibility index (Phi) is 4.80. The van der Waals surface area contributed by atoms with E-state index in [0.717, 1.165) is 19.2 Å². The van der Waals surface area contributed by atoms with Gasteiger partial charge in [-0.15, -0.1) is 0 Å². The highest BCUT2D eigenvalue weighted by Gasteiger charge is 2.24. The number of anilines is 1. The van der Waals surface area contributed by atoms with Crippen LogP contribution in [0, 0.1) is 15.9 Å². The van der Waals surface area contributed by atoms with Crippen LogP contribution in [0.1, 0.15) is 24.2 Å². The SMILES string of the molecule is CCN(CC)c1cc(C(=O)OC)c(F)cc1[N+](=O)[O-]. The third kappa shape index (κ3) is 2.98. The lowest BCUT2D eigenvalue weighted by atomic mass is 10.1. The van der Waals surface area contributed by atoms with E-state index in [2.05, 4.69) is 4.74 Å². The Balaban J connectivity index is 3.47. The monoisotopic (exact) mass is 270 g/mol. The van der Waals surface area contributed by atoms with Crippen molar-refractivity contribution in [3.05, 3.63) is 33.6 Å². The van der Waals surface area contributed by atoms with Crippen molar-refractivity contribution in [2.45, 2.75) is 13.8 Å². The minimum absolute atomic E-state index is 0.205. The highest BCUT2D eigenvalue weighted by atomic mass is 19.1. The lowest BCUT2D eigenvalue weighted by Gasteiger charge is -2.21. The van der Waals surface area contributed by atoms with E-state index in [9.17, 15) is 19.3 Å². The Morgan fingerprint density at radius 3 is 2.42 bits per heavy atom. The van der Waals surface area contributed by atoms with Gasteiger partial charge < -0.3 is 9.64 Å². The van der Waals surface area contributed by atoms with Crippen molar-refractivity contribution in [3.8, 4) is 0 Å². The highest BCUT2D eigenvalue weighted by molar-refractivity contribution is 5.92. The molecule has 0 aliphatic rings. The van der Waals surface area contributed by atoms with Crippen molar-refractivity contribution in [3.63, 3.8) is 0 Å². The summed E-state index contributed by atoms with van der Waals surface area (Å²) in [5, 5.41) is 11.0. The van der Waals surface area contributed by atoms with Crippen molar-refractivity contribution < 1.29 is 18.8 Å². The number of rotatable bonds is 5. The molecule has 1 aromatic carbocycles. The zero-order chi connectivity index (χ0) is 14.6. The maximum atomic E-state index is 13.7. The molecule has 19 heavy (non-hydrogen) atoms. The number of carbonyl (C=O) groups excluding carboxylic acids is 1. The van der Waals surface area contributed by atoms with Gasteiger partial charge in [-0.3, -0.25) is 10.1 Å². The number of methoxy groups -OCH3 is 1. The zero-order valence-corrected chi connectivity index (χ0v) is 11.0. The number of hydrogen-bond acceptors (Lipinski definition) is 5. The van der Waals surface area contributed by atoms with Crippen LogP contribution < -0.4 is 4.90 Å². The average Bonchev–Trinajstić information content (AvgIpc) is 2.40. The summed E-state index contributed by atoms with van der Waals surface area (Å²) < 4.78 is 18.1. The standard InChI is InChI=1S/C12H15FN2O4/c1-4-14(5-2)10-6-8(12(16)19-3)9(13)7-11(10)15(17)18/h6-7H,4-5H2,1-3H3. The Bertz CT molecular complexity index is 501. The fraction of sp³-hybridized carbons (Fsp3) is 0.417. The van der Waals surface area contributed by atoms with Gasteiger partial charge in [-0.1, -0.05) is 0 Å². The van der Waals surface area contributed by atoms with Crippen molar-refractivity contribution in [1.29, 1.82) is 0 Å². The molecule has 0 heterocycles. The number of benzene rings is 1. The van der Waals surface area contributed by atoms with Crippen molar-refractivity contribution in [2.75, 3.05) is 25.1 Å². The second-order valence-corrected chi connectivity index (χ2v) is 3.74. The van der Waals surface area contributed by atoms with Gasteiger partial charge in [0.2, 0.25) is 0 Å². The summed E-state index contributed by atoms with van der Waals surface area (Å²) in [5.41, 5.74) is -0.472. The normalized spacial score (nSPS) is 10.1. The molecule has 6 nitrogen and oxygen atoms in total. The van der Waals surface area contributed by atoms with E-state index in [4.69, 9.17) is 0 Å². The van der Waals surface area contributed by atoms with E-state index < -0.39 is 16.7 Å². The summed E-state index contributed by atoms with van der Waals surface area (Å²) in [7, 11) is 1.13. The number of hydrogen-bond donors (Lipinski definition) is 0. The Labute approximate surface area is 109 Å². The smallest absolute Gasteiger partial charge is 0.340 e. The molecule has 0 N–H and O–H groups in total. The van der Waals surface area contributed by atoms with Gasteiger partial charge in [-0.2, -0.15) is 0 Å². The second-order valence-electron chi connectivity index (χ2n) is 3.74. The van der Waals surface area contributed by atoms with E-state index in [1.54, 1.807) is 4.90 Å². The van der Waals surface area contributed by atoms with Gasteiger partial charge in [0.15, 0.2) is 0 Å². The van der Waals surface area contributed by atoms with E-state index in [-0.39, 0.29) is 16.9 Å². The molecule has 104 valence electrons. The molecule has 0 spiro atoms. The van der Waals surface area contributed by atoms with Crippen LogP contribution in [0.25, 0.3) is 0 Å². The maximum absolute atomic E-state index is 13.7. The van der Waals surface area contributed by atoms with Crippen molar-refractivity contribution >= 4 is 17.3 Å². The zero-order valence-electron chi connectivity index (χ0n) is 11.0. The van der Waals surface area contributed by atoms with E-state index in [0.29, 0.717) is 13.1 Å². The summed E-state index contributed by atoms with van der Waals surface area (Å²) in [5.74, 6) is -1.82. The Morgan fingerprint density at radius 2 is 2.00 bits per heavy atom. The summed E-state index contributed by atoms with van der Waals surface area (Å²) in [6.45, 7) is 4.63. The predicted molar refractivity (Wildman–Crippen MR) is 68.0 cm³/mol. The summed E-state index contributed by atoms with van der Waals surface area (Å²) in [4.78, 5) is 23.4. The minimum atomic E-state index is -0.963. The molecule has 1 rings (SSSR count). The molecule has 0 bridgehead atoms. The van der Waals surface area contributed by atoms with Crippen LogP contribution >= 0.6 is 0 Å². The van der Waals surface area contributed by atoms with Crippen LogP contribution in [0.15, 0.2) is 12.1 Å². The number of esters is 1. The molecule has 0 amide bonds. The molecule has 0 atom stereocenters. The molecule has 0 aliphatic carbocycles. The molecule has 7 heteroatoms. The van der Waals surface area contributed by atoms with Crippen molar-refractivity contribution in [2.24, 2.45) is 0 Å². The summed E-state index contributed by atoms with van der Waals surface area (Å²) >= 11 is 0. The van der Waals surface area contributed by atoms with E-state index in [1.807, 2.05) is 13.8 Å². The minimum Gasteiger partial charge on any atom is -0.465 e. The number of nitrogens with zero attached hydrogens (tertiary/aromatic N) is 2. The Hall–Kier alpha value is -2.18. The third-order valence-corrected chi connectivity index (χ3v) is 2.77. The molecule has 0 aromatic heterocycles. The largest absolute Gasteiger partial charge is 0.465 e. The van der Waals surface area contributed by atoms with Gasteiger partial charge in [0.1, 0.15) is 11.5 Å². The third-order valence-electron chi connectivity index (χ3n) is 2.77. The highest BCUT2D eigenvalue weighted by Crippen LogP contribution is 2.31. The number of carbonyl (C=O) groups is 1. The van der Waals surface area contributed by atoms with Gasteiger partial charge >= 0.3 is 5.97 Å². The van der Waals surface area contributed by atoms with Crippen molar-refractivity contribution in [1.82, 2.24) is 0 Å². The van der Waals surface area contributed by atoms with Crippen LogP contribution in [-0.2, 0) is 4.74 Å². The molecule has 0 unspecified atom stereocenters. The lowest BCUT2D eigenvalue weighted by molar-refractivity contribution is -0.384. The number of nitro groups is 1. The first-order chi connectivity index (χ1) is 8.96. The predicted octanol–water partition coefficient (Wildman–Crippen LogP) is 2.37. The van der Waals surface area contributed by atoms with E-state index in [1.165, 1.54) is 0 Å². The quantitative estimate of drug-likeness (QED) is 0.466. The van der Waals surface area contributed by atoms with Crippen LogP contribution in [0.4, 0.5) is 15.8 Å². The molecular formula is C12H15FN2O4. The molecule has 0 aliphatic heterocycles. The van der Waals surface area contributed by atoms with Crippen LogP contribution in [0.5, 0.6) is 0 Å². The first-order valence-corrected chi connectivity index (χ1v) is 5.77. The van der Waals surface area contributed by atoms with Crippen LogP contribution in [0.3, 0.4) is 0 Å².